The third-order valence-electron chi connectivity index (χ3n) is 3.46. The molecule has 1 atom stereocenters. The quantitative estimate of drug-likeness (QED) is 0.546. The van der Waals surface area contributed by atoms with Gasteiger partial charge < -0.3 is 14.3 Å². The lowest BCUT2D eigenvalue weighted by Crippen LogP contribution is -2.26. The molecule has 0 radical (unpaired) electrons. The molecule has 0 aliphatic carbocycles. The molecule has 24 heavy (non-hydrogen) atoms. The number of benzene rings is 1. The van der Waals surface area contributed by atoms with Crippen LogP contribution in [0.3, 0.4) is 0 Å². The molecule has 0 fully saturated rings. The smallest absolute Gasteiger partial charge is 0.332 e. The first-order valence-electron chi connectivity index (χ1n) is 7.43. The fourth-order valence-corrected chi connectivity index (χ4v) is 3.18. The van der Waals surface area contributed by atoms with Crippen molar-refractivity contribution in [3.8, 4) is 11.4 Å². The molecule has 0 aliphatic heterocycles. The van der Waals surface area contributed by atoms with Gasteiger partial charge in [0, 0.05) is 17.4 Å². The van der Waals surface area contributed by atoms with E-state index in [9.17, 15) is 13.7 Å². The summed E-state index contributed by atoms with van der Waals surface area (Å²) < 4.78 is 31.0. The van der Waals surface area contributed by atoms with Crippen LogP contribution in [0, 0.1) is 0 Å². The number of ether oxygens (including phenoxy) is 1. The molecule has 0 saturated heterocycles. The lowest BCUT2D eigenvalue weighted by Gasteiger charge is -2.14. The van der Waals surface area contributed by atoms with Crippen LogP contribution in [0.15, 0.2) is 46.5 Å². The molecule has 1 N–H and O–H groups in total. The van der Waals surface area contributed by atoms with Gasteiger partial charge in [0.1, 0.15) is 30.4 Å². The van der Waals surface area contributed by atoms with Gasteiger partial charge in [-0.15, -0.1) is 0 Å². The minimum Gasteiger partial charge on any atom is -0.609 e. The first-order chi connectivity index (χ1) is 11.7. The fourth-order valence-electron chi connectivity index (χ4n) is 2.34. The van der Waals surface area contributed by atoms with Gasteiger partial charge in [-0.25, -0.2) is 8.96 Å². The number of hydrogen-bond acceptors (Lipinski definition) is 4. The molecule has 8 heteroatoms. The Labute approximate surface area is 140 Å². The molecular formula is C16H16FN3O3S. The number of fused-ring (bicyclic) bond motifs is 1. The molecule has 2 heterocycles. The SMILES string of the molecule is CC[S+]([O-])c1nc2[nH]ccc2c(=O)n1-c1ccc(OCCF)cc1. The van der Waals surface area contributed by atoms with Gasteiger partial charge >= 0.3 is 5.16 Å². The molecule has 3 aromatic rings. The summed E-state index contributed by atoms with van der Waals surface area (Å²) >= 11 is -1.41. The van der Waals surface area contributed by atoms with Crippen LogP contribution in [0.5, 0.6) is 5.75 Å². The second-order valence-electron chi connectivity index (χ2n) is 4.94. The second-order valence-corrected chi connectivity index (χ2v) is 6.57. The molecule has 0 saturated carbocycles. The maximum atomic E-state index is 12.8. The van der Waals surface area contributed by atoms with E-state index in [0.29, 0.717) is 28.2 Å². The van der Waals surface area contributed by atoms with Gasteiger partial charge in [0.05, 0.1) is 11.1 Å². The van der Waals surface area contributed by atoms with E-state index < -0.39 is 17.9 Å². The number of H-pyrrole nitrogens is 1. The number of halogens is 1. The summed E-state index contributed by atoms with van der Waals surface area (Å²) in [6.07, 6.45) is 1.62. The Hall–Kier alpha value is -2.32. The number of alkyl halides is 1. The van der Waals surface area contributed by atoms with Crippen LogP contribution < -0.4 is 10.3 Å². The van der Waals surface area contributed by atoms with Crippen molar-refractivity contribution < 1.29 is 13.7 Å². The lowest BCUT2D eigenvalue weighted by molar-refractivity contribution is 0.273. The monoisotopic (exact) mass is 349 g/mol. The Balaban J connectivity index is 2.13. The van der Waals surface area contributed by atoms with Crippen molar-refractivity contribution >= 4 is 22.2 Å². The zero-order chi connectivity index (χ0) is 17.1. The summed E-state index contributed by atoms with van der Waals surface area (Å²) in [6, 6.07) is 8.23. The van der Waals surface area contributed by atoms with Crippen LogP contribution in [0.1, 0.15) is 6.92 Å². The zero-order valence-corrected chi connectivity index (χ0v) is 13.8. The molecule has 126 valence electrons. The van der Waals surface area contributed by atoms with Crippen molar-refractivity contribution in [3.63, 3.8) is 0 Å². The molecule has 0 amide bonds. The van der Waals surface area contributed by atoms with Gasteiger partial charge in [-0.1, -0.05) is 0 Å². The molecule has 6 nitrogen and oxygen atoms in total. The summed E-state index contributed by atoms with van der Waals surface area (Å²) in [7, 11) is 0. The van der Waals surface area contributed by atoms with E-state index in [1.165, 1.54) is 4.57 Å². The first-order valence-corrected chi connectivity index (χ1v) is 8.75. The minimum atomic E-state index is -1.41. The van der Waals surface area contributed by atoms with Crippen LogP contribution in [0.25, 0.3) is 16.7 Å². The normalized spacial score (nSPS) is 12.5. The molecule has 0 spiro atoms. The number of nitrogens with zero attached hydrogens (tertiary/aromatic N) is 2. The van der Waals surface area contributed by atoms with Crippen molar-refractivity contribution in [3.05, 3.63) is 46.9 Å². The van der Waals surface area contributed by atoms with E-state index in [1.807, 2.05) is 0 Å². The van der Waals surface area contributed by atoms with Gasteiger partial charge in [0.2, 0.25) is 0 Å². The summed E-state index contributed by atoms with van der Waals surface area (Å²) in [5.41, 5.74) is 0.645. The van der Waals surface area contributed by atoms with Crippen LogP contribution in [0.4, 0.5) is 4.39 Å². The predicted molar refractivity (Wildman–Crippen MR) is 90.1 cm³/mol. The van der Waals surface area contributed by atoms with Gasteiger partial charge in [-0.3, -0.25) is 4.79 Å². The topological polar surface area (TPSA) is 83.0 Å². The van der Waals surface area contributed by atoms with Crippen molar-refractivity contribution in [1.82, 2.24) is 14.5 Å². The van der Waals surface area contributed by atoms with E-state index in [2.05, 4.69) is 9.97 Å². The Bertz CT molecular complexity index is 892. The highest BCUT2D eigenvalue weighted by Crippen LogP contribution is 2.19. The highest BCUT2D eigenvalue weighted by atomic mass is 32.2. The second kappa shape index (κ2) is 7.06. The molecule has 1 aromatic carbocycles. The maximum absolute atomic E-state index is 12.8. The van der Waals surface area contributed by atoms with Crippen molar-refractivity contribution in [2.45, 2.75) is 12.1 Å². The number of aromatic nitrogens is 3. The maximum Gasteiger partial charge on any atom is 0.332 e. The Morgan fingerprint density at radius 2 is 2.08 bits per heavy atom. The largest absolute Gasteiger partial charge is 0.609 e. The lowest BCUT2D eigenvalue weighted by atomic mass is 10.3. The van der Waals surface area contributed by atoms with E-state index in [4.69, 9.17) is 4.74 Å². The number of rotatable bonds is 6. The standard InChI is InChI=1S/C16H16FN3O3S/c1-2-24(22)16-19-14-13(7-9-18-14)15(21)20(16)11-3-5-12(6-4-11)23-10-8-17/h3-7,9,18H,2,8,10H2,1H3. The van der Waals surface area contributed by atoms with Crippen LogP contribution >= 0.6 is 0 Å². The van der Waals surface area contributed by atoms with E-state index in [-0.39, 0.29) is 17.3 Å². The van der Waals surface area contributed by atoms with Crippen molar-refractivity contribution in [2.75, 3.05) is 19.0 Å². The first kappa shape index (κ1) is 16.5. The Morgan fingerprint density at radius 3 is 2.75 bits per heavy atom. The molecule has 3 rings (SSSR count). The fraction of sp³-hybridized carbons (Fsp3) is 0.250. The molecule has 2 aromatic heterocycles. The van der Waals surface area contributed by atoms with Crippen LogP contribution in [-0.2, 0) is 11.2 Å². The summed E-state index contributed by atoms with van der Waals surface area (Å²) in [5, 5.41) is 0.611. The van der Waals surface area contributed by atoms with E-state index >= 15 is 0 Å². The molecule has 0 bridgehead atoms. The Kier molecular flexibility index (Phi) is 4.86. The average Bonchev–Trinajstić information content (AvgIpc) is 3.09. The highest BCUT2D eigenvalue weighted by molar-refractivity contribution is 7.91. The number of nitrogens with one attached hydrogen (secondary N) is 1. The highest BCUT2D eigenvalue weighted by Gasteiger charge is 2.22. The Morgan fingerprint density at radius 1 is 1.33 bits per heavy atom. The number of aromatic amines is 1. The van der Waals surface area contributed by atoms with Gasteiger partial charge in [0.25, 0.3) is 5.56 Å². The third kappa shape index (κ3) is 3.02. The van der Waals surface area contributed by atoms with Crippen LogP contribution in [0.2, 0.25) is 0 Å². The van der Waals surface area contributed by atoms with E-state index in [0.717, 1.165) is 0 Å². The van der Waals surface area contributed by atoms with Crippen LogP contribution in [-0.4, -0.2) is 38.1 Å². The zero-order valence-electron chi connectivity index (χ0n) is 13.0. The third-order valence-corrected chi connectivity index (χ3v) is 4.67. The van der Waals surface area contributed by atoms with Crippen molar-refractivity contribution in [2.24, 2.45) is 0 Å². The summed E-state index contributed by atoms with van der Waals surface area (Å²) in [6.45, 7) is 1.16. The summed E-state index contributed by atoms with van der Waals surface area (Å²) in [4.78, 5) is 20.0. The van der Waals surface area contributed by atoms with Gasteiger partial charge in [-0.2, -0.15) is 4.98 Å². The predicted octanol–water partition coefficient (Wildman–Crippen LogP) is 2.19. The summed E-state index contributed by atoms with van der Waals surface area (Å²) in [5.74, 6) is 0.842. The molecule has 1 unspecified atom stereocenters. The van der Waals surface area contributed by atoms with Gasteiger partial charge in [-0.05, 0) is 37.3 Å². The van der Waals surface area contributed by atoms with E-state index in [1.54, 1.807) is 43.5 Å². The molecule has 0 aliphatic rings. The minimum absolute atomic E-state index is 0.0265. The molecular weight excluding hydrogens is 333 g/mol. The number of hydrogen-bond donors (Lipinski definition) is 1. The average molecular weight is 349 g/mol. The van der Waals surface area contributed by atoms with Crippen molar-refractivity contribution in [1.29, 1.82) is 0 Å². The van der Waals surface area contributed by atoms with Gasteiger partial charge in [0.15, 0.2) is 0 Å².